The molecule has 10 nitrogen and oxygen atoms in total. The summed E-state index contributed by atoms with van der Waals surface area (Å²) in [6.07, 6.45) is 5.84. The number of aromatic nitrogens is 5. The van der Waals surface area contributed by atoms with Crippen LogP contribution in [0.25, 0.3) is 17.2 Å². The molecule has 146 valence electrons. The molecule has 0 saturated carbocycles. The number of nitrogens with one attached hydrogen (secondary N) is 1. The fourth-order valence-corrected chi connectivity index (χ4v) is 3.79. The highest BCUT2D eigenvalue weighted by atomic mass is 16.2. The van der Waals surface area contributed by atoms with Gasteiger partial charge in [-0.15, -0.1) is 5.10 Å². The number of fused-ring (bicyclic) bond motifs is 1. The Kier molecular flexibility index (Phi) is 3.79. The van der Waals surface area contributed by atoms with E-state index < -0.39 is 11.9 Å². The highest BCUT2D eigenvalue weighted by Gasteiger charge is 2.39. The second kappa shape index (κ2) is 6.36. The summed E-state index contributed by atoms with van der Waals surface area (Å²) >= 11 is 0. The number of hydrogen-bond donors (Lipinski definition) is 1. The maximum absolute atomic E-state index is 12.9. The Morgan fingerprint density at radius 3 is 2.83 bits per heavy atom. The first-order valence-electron chi connectivity index (χ1n) is 9.19. The zero-order valence-corrected chi connectivity index (χ0v) is 15.6. The van der Waals surface area contributed by atoms with Crippen molar-refractivity contribution in [2.45, 2.75) is 25.4 Å². The van der Waals surface area contributed by atoms with Crippen LogP contribution in [0.5, 0.6) is 0 Å². The highest BCUT2D eigenvalue weighted by Crippen LogP contribution is 2.29. The molecule has 10 heteroatoms. The molecule has 2 aliphatic heterocycles. The van der Waals surface area contributed by atoms with Gasteiger partial charge in [-0.2, -0.15) is 0 Å². The molecule has 3 aromatic rings. The van der Waals surface area contributed by atoms with E-state index in [4.69, 9.17) is 0 Å². The second-order valence-electron chi connectivity index (χ2n) is 7.15. The van der Waals surface area contributed by atoms with Crippen molar-refractivity contribution in [3.05, 3.63) is 47.9 Å². The van der Waals surface area contributed by atoms with Crippen LogP contribution in [0, 0.1) is 0 Å². The summed E-state index contributed by atoms with van der Waals surface area (Å²) in [6.45, 7) is 0.344. The summed E-state index contributed by atoms with van der Waals surface area (Å²) in [5.74, 6) is -0.246. The van der Waals surface area contributed by atoms with Gasteiger partial charge in [0.25, 0.3) is 5.91 Å². The summed E-state index contributed by atoms with van der Waals surface area (Å²) in [4.78, 5) is 42.3. The molecule has 29 heavy (non-hydrogen) atoms. The minimum atomic E-state index is -0.627. The third-order valence-corrected chi connectivity index (χ3v) is 5.32. The molecule has 0 radical (unpaired) electrons. The van der Waals surface area contributed by atoms with Crippen LogP contribution in [0.4, 0.5) is 0 Å². The van der Waals surface area contributed by atoms with E-state index in [0.717, 1.165) is 5.56 Å². The largest absolute Gasteiger partial charge is 0.333 e. The molecule has 0 aliphatic carbocycles. The average molecular weight is 391 g/mol. The molecule has 1 unspecified atom stereocenters. The Balaban J connectivity index is 1.42. The van der Waals surface area contributed by atoms with E-state index in [1.165, 1.54) is 4.90 Å². The summed E-state index contributed by atoms with van der Waals surface area (Å²) in [5.41, 5.74) is 2.68. The van der Waals surface area contributed by atoms with Crippen LogP contribution in [0.2, 0.25) is 0 Å². The van der Waals surface area contributed by atoms with E-state index in [1.54, 1.807) is 23.1 Å². The topological polar surface area (TPSA) is 115 Å². The lowest BCUT2D eigenvalue weighted by Crippen LogP contribution is -2.52. The molecule has 2 aromatic heterocycles. The average Bonchev–Trinajstić information content (AvgIpc) is 3.41. The van der Waals surface area contributed by atoms with Crippen LogP contribution in [-0.4, -0.2) is 53.2 Å². The lowest BCUT2D eigenvalue weighted by atomic mass is 10.0. The number of rotatable bonds is 3. The SMILES string of the molecule is Cn1ccnc1-c1cn(-c2ccc3c(c2)C(=O)N(C2CCC(=O)NC2=O)C3)nn1. The molecule has 4 heterocycles. The van der Waals surface area contributed by atoms with Crippen molar-refractivity contribution in [1.82, 2.24) is 34.8 Å². The second-order valence-corrected chi connectivity index (χ2v) is 7.15. The van der Waals surface area contributed by atoms with Gasteiger partial charge in [-0.25, -0.2) is 9.67 Å². The van der Waals surface area contributed by atoms with Crippen LogP contribution >= 0.6 is 0 Å². The quantitative estimate of drug-likeness (QED) is 0.648. The maximum Gasteiger partial charge on any atom is 0.255 e. The van der Waals surface area contributed by atoms with E-state index in [0.29, 0.717) is 35.7 Å². The number of carbonyl (C=O) groups excluding carboxylic acids is 3. The molecule has 1 atom stereocenters. The fraction of sp³-hybridized carbons (Fsp3) is 0.263. The molecule has 1 fully saturated rings. The third-order valence-electron chi connectivity index (χ3n) is 5.32. The molecular formula is C19H17N7O3. The fourth-order valence-electron chi connectivity index (χ4n) is 3.79. The Bertz CT molecular complexity index is 1160. The van der Waals surface area contributed by atoms with E-state index in [-0.39, 0.29) is 18.2 Å². The van der Waals surface area contributed by atoms with Crippen LogP contribution in [0.1, 0.15) is 28.8 Å². The summed E-state index contributed by atoms with van der Waals surface area (Å²) < 4.78 is 3.44. The molecule has 2 aliphatic rings. The molecule has 5 rings (SSSR count). The number of carbonyl (C=O) groups is 3. The number of hydrogen-bond acceptors (Lipinski definition) is 6. The number of aryl methyl sites for hydroxylation is 1. The van der Waals surface area contributed by atoms with Crippen molar-refractivity contribution in [3.63, 3.8) is 0 Å². The van der Waals surface area contributed by atoms with Gasteiger partial charge in [-0.1, -0.05) is 11.3 Å². The van der Waals surface area contributed by atoms with Crippen LogP contribution in [-0.2, 0) is 23.2 Å². The van der Waals surface area contributed by atoms with Crippen molar-refractivity contribution < 1.29 is 14.4 Å². The van der Waals surface area contributed by atoms with Gasteiger partial charge in [0.2, 0.25) is 11.8 Å². The molecule has 1 aromatic carbocycles. The number of amides is 3. The molecule has 1 N–H and O–H groups in total. The number of nitrogens with zero attached hydrogens (tertiary/aromatic N) is 6. The molecule has 3 amide bonds. The lowest BCUT2D eigenvalue weighted by molar-refractivity contribution is -0.136. The maximum atomic E-state index is 12.9. The van der Waals surface area contributed by atoms with E-state index in [1.807, 2.05) is 29.9 Å². The minimum Gasteiger partial charge on any atom is -0.333 e. The van der Waals surface area contributed by atoms with Gasteiger partial charge in [-0.05, 0) is 24.1 Å². The zero-order valence-electron chi connectivity index (χ0n) is 15.6. The molecule has 1 saturated heterocycles. The van der Waals surface area contributed by atoms with Crippen molar-refractivity contribution in [2.24, 2.45) is 7.05 Å². The molecule has 0 spiro atoms. The number of imidazole rings is 1. The normalized spacial score (nSPS) is 18.9. The van der Waals surface area contributed by atoms with Crippen molar-refractivity contribution in [1.29, 1.82) is 0 Å². The minimum absolute atomic E-state index is 0.221. The van der Waals surface area contributed by atoms with Gasteiger partial charge in [0.05, 0.1) is 11.9 Å². The predicted molar refractivity (Wildman–Crippen MR) is 99.6 cm³/mol. The van der Waals surface area contributed by atoms with Crippen LogP contribution in [0.3, 0.4) is 0 Å². The summed E-state index contributed by atoms with van der Waals surface area (Å²) in [6, 6.07) is 4.84. The Morgan fingerprint density at radius 1 is 1.21 bits per heavy atom. The molecular weight excluding hydrogens is 374 g/mol. The third kappa shape index (κ3) is 2.80. The number of imide groups is 1. The zero-order chi connectivity index (χ0) is 20.1. The first-order chi connectivity index (χ1) is 14.0. The Labute approximate surface area is 165 Å². The van der Waals surface area contributed by atoms with E-state index in [2.05, 4.69) is 20.6 Å². The van der Waals surface area contributed by atoms with Gasteiger partial charge in [0, 0.05) is 38.0 Å². The molecule has 0 bridgehead atoms. The smallest absolute Gasteiger partial charge is 0.255 e. The van der Waals surface area contributed by atoms with Gasteiger partial charge < -0.3 is 9.47 Å². The Morgan fingerprint density at radius 2 is 2.07 bits per heavy atom. The van der Waals surface area contributed by atoms with Gasteiger partial charge in [-0.3, -0.25) is 19.7 Å². The first kappa shape index (κ1) is 17.3. The van der Waals surface area contributed by atoms with Crippen molar-refractivity contribution in [2.75, 3.05) is 0 Å². The summed E-state index contributed by atoms with van der Waals surface area (Å²) in [7, 11) is 1.87. The van der Waals surface area contributed by atoms with Gasteiger partial charge in [0.15, 0.2) is 5.82 Å². The number of piperidine rings is 1. The Hall–Kier alpha value is -3.82. The monoisotopic (exact) mass is 391 g/mol. The van der Waals surface area contributed by atoms with Crippen molar-refractivity contribution in [3.8, 4) is 17.2 Å². The summed E-state index contributed by atoms with van der Waals surface area (Å²) in [5, 5.41) is 10.6. The number of benzene rings is 1. The van der Waals surface area contributed by atoms with Gasteiger partial charge in [0.1, 0.15) is 11.7 Å². The predicted octanol–water partition coefficient (Wildman–Crippen LogP) is 0.429. The lowest BCUT2D eigenvalue weighted by Gasteiger charge is -2.29. The van der Waals surface area contributed by atoms with E-state index >= 15 is 0 Å². The van der Waals surface area contributed by atoms with Crippen molar-refractivity contribution >= 4 is 17.7 Å². The van der Waals surface area contributed by atoms with Gasteiger partial charge >= 0.3 is 0 Å². The highest BCUT2D eigenvalue weighted by molar-refractivity contribution is 6.05. The van der Waals surface area contributed by atoms with Crippen LogP contribution in [0.15, 0.2) is 36.8 Å². The standard InChI is InChI=1S/C19H17N7O3/c1-24-7-6-20-17(24)14-10-26(23-22-14)12-3-2-11-9-25(19(29)13(11)8-12)15-4-5-16(27)21-18(15)28/h2-3,6-8,10,15H,4-5,9H2,1H3,(H,21,27,28). The van der Waals surface area contributed by atoms with E-state index in [9.17, 15) is 14.4 Å². The van der Waals surface area contributed by atoms with Crippen LogP contribution < -0.4 is 5.32 Å². The first-order valence-corrected chi connectivity index (χ1v) is 9.19.